The Balaban J connectivity index is 1.35. The van der Waals surface area contributed by atoms with Gasteiger partial charge in [0.05, 0.1) is 5.69 Å². The van der Waals surface area contributed by atoms with Crippen LogP contribution in [0.25, 0.3) is 0 Å². The lowest BCUT2D eigenvalue weighted by Crippen LogP contribution is -2.61. The highest BCUT2D eigenvalue weighted by Gasteiger charge is 2.44. The van der Waals surface area contributed by atoms with Crippen molar-refractivity contribution in [2.75, 3.05) is 31.6 Å². The number of hydrogen-bond donors (Lipinski definition) is 1. The first-order valence-corrected chi connectivity index (χ1v) is 9.74. The number of nitrogens with zero attached hydrogens (tertiary/aromatic N) is 2. The summed E-state index contributed by atoms with van der Waals surface area (Å²) in [4.78, 5) is 40.9. The molecule has 4 aliphatic rings. The lowest BCUT2D eigenvalue weighted by atomic mass is 9.76. The molecule has 3 fully saturated rings. The fourth-order valence-electron chi connectivity index (χ4n) is 5.17. The van der Waals surface area contributed by atoms with Crippen LogP contribution in [0.15, 0.2) is 18.2 Å². The first-order valence-electron chi connectivity index (χ1n) is 9.74. The van der Waals surface area contributed by atoms with Crippen molar-refractivity contribution < 1.29 is 19.1 Å². The van der Waals surface area contributed by atoms with Crippen LogP contribution in [0.4, 0.5) is 5.69 Å². The van der Waals surface area contributed by atoms with Crippen LogP contribution in [-0.4, -0.2) is 59.8 Å². The number of likely N-dealkylation sites (tertiary alicyclic amines) is 1. The van der Waals surface area contributed by atoms with Crippen molar-refractivity contribution >= 4 is 23.4 Å². The molecule has 1 aromatic carbocycles. The van der Waals surface area contributed by atoms with Gasteiger partial charge in [-0.1, -0.05) is 0 Å². The molecule has 1 N–H and O–H groups in total. The van der Waals surface area contributed by atoms with Gasteiger partial charge >= 0.3 is 0 Å². The number of fused-ring (bicyclic) bond motifs is 5. The predicted molar refractivity (Wildman–Crippen MR) is 97.4 cm³/mol. The molecule has 3 atom stereocenters. The third-order valence-electron chi connectivity index (χ3n) is 6.33. The fourth-order valence-corrected chi connectivity index (χ4v) is 5.17. The molecule has 1 aromatic rings. The Kier molecular flexibility index (Phi) is 3.84. The van der Waals surface area contributed by atoms with Crippen LogP contribution in [-0.2, 0) is 9.59 Å². The van der Waals surface area contributed by atoms with Gasteiger partial charge in [-0.25, -0.2) is 0 Å². The van der Waals surface area contributed by atoms with Gasteiger partial charge in [0.2, 0.25) is 5.91 Å². The topological polar surface area (TPSA) is 79.0 Å². The Morgan fingerprint density at radius 2 is 2.07 bits per heavy atom. The Morgan fingerprint density at radius 3 is 2.96 bits per heavy atom. The lowest BCUT2D eigenvalue weighted by Gasteiger charge is -2.52. The van der Waals surface area contributed by atoms with Crippen molar-refractivity contribution in [1.82, 2.24) is 9.80 Å². The molecule has 7 heteroatoms. The second-order valence-electron chi connectivity index (χ2n) is 8.13. The largest absolute Gasteiger partial charge is 0.482 e. The van der Waals surface area contributed by atoms with Gasteiger partial charge in [0.1, 0.15) is 5.75 Å². The molecule has 3 saturated heterocycles. The van der Waals surface area contributed by atoms with E-state index in [9.17, 15) is 14.4 Å². The average molecular weight is 369 g/mol. The maximum Gasteiger partial charge on any atom is 0.262 e. The maximum atomic E-state index is 13.1. The zero-order valence-electron chi connectivity index (χ0n) is 15.1. The van der Waals surface area contributed by atoms with E-state index >= 15 is 0 Å². The summed E-state index contributed by atoms with van der Waals surface area (Å²) in [6, 6.07) is 5.50. The molecule has 4 aliphatic heterocycles. The molecule has 27 heavy (non-hydrogen) atoms. The summed E-state index contributed by atoms with van der Waals surface area (Å²) in [6.07, 6.45) is 3.78. The van der Waals surface area contributed by atoms with Crippen LogP contribution in [0.3, 0.4) is 0 Å². The molecule has 0 spiro atoms. The van der Waals surface area contributed by atoms with E-state index in [0.717, 1.165) is 25.8 Å². The zero-order valence-corrected chi connectivity index (χ0v) is 15.1. The molecule has 0 aromatic heterocycles. The second kappa shape index (κ2) is 6.25. The molecular weight excluding hydrogens is 346 g/mol. The third kappa shape index (κ3) is 2.85. The third-order valence-corrected chi connectivity index (χ3v) is 6.33. The number of anilines is 1. The van der Waals surface area contributed by atoms with Gasteiger partial charge < -0.3 is 19.9 Å². The second-order valence-corrected chi connectivity index (χ2v) is 8.13. The number of benzene rings is 1. The van der Waals surface area contributed by atoms with Crippen molar-refractivity contribution in [3.05, 3.63) is 23.8 Å². The van der Waals surface area contributed by atoms with Crippen molar-refractivity contribution in [2.24, 2.45) is 11.8 Å². The number of ether oxygens (including phenoxy) is 1. The molecule has 142 valence electrons. The van der Waals surface area contributed by atoms with E-state index in [1.165, 1.54) is 0 Å². The maximum absolute atomic E-state index is 13.1. The molecule has 0 aliphatic carbocycles. The van der Waals surface area contributed by atoms with Gasteiger partial charge in [0, 0.05) is 37.7 Å². The van der Waals surface area contributed by atoms with Crippen LogP contribution in [0, 0.1) is 11.8 Å². The quantitative estimate of drug-likeness (QED) is 0.814. The van der Waals surface area contributed by atoms with E-state index in [0.29, 0.717) is 48.3 Å². The van der Waals surface area contributed by atoms with Crippen molar-refractivity contribution in [1.29, 1.82) is 0 Å². The number of hydrogen-bond acceptors (Lipinski definition) is 4. The molecule has 3 amide bonds. The van der Waals surface area contributed by atoms with Gasteiger partial charge in [0.25, 0.3) is 11.8 Å². The molecule has 1 unspecified atom stereocenters. The Morgan fingerprint density at radius 1 is 1.19 bits per heavy atom. The monoisotopic (exact) mass is 369 g/mol. The summed E-state index contributed by atoms with van der Waals surface area (Å²) in [7, 11) is 0. The van der Waals surface area contributed by atoms with E-state index in [2.05, 4.69) is 10.2 Å². The molecule has 4 heterocycles. The number of amides is 3. The molecule has 5 rings (SSSR count). The Hall–Kier alpha value is -2.57. The van der Waals surface area contributed by atoms with Gasteiger partial charge in [-0.05, 0) is 49.3 Å². The van der Waals surface area contributed by atoms with E-state index < -0.39 is 0 Å². The lowest BCUT2D eigenvalue weighted by molar-refractivity contribution is -0.144. The van der Waals surface area contributed by atoms with Gasteiger partial charge in [-0.3, -0.25) is 14.4 Å². The minimum Gasteiger partial charge on any atom is -0.482 e. The summed E-state index contributed by atoms with van der Waals surface area (Å²) in [6.45, 7) is 2.17. The van der Waals surface area contributed by atoms with Crippen LogP contribution < -0.4 is 10.1 Å². The minimum atomic E-state index is -0.207. The number of carbonyl (C=O) groups is 3. The average Bonchev–Trinajstić information content (AvgIpc) is 2.67. The summed E-state index contributed by atoms with van der Waals surface area (Å²) in [5.41, 5.74) is 1.12. The van der Waals surface area contributed by atoms with Crippen molar-refractivity contribution in [3.8, 4) is 5.75 Å². The summed E-state index contributed by atoms with van der Waals surface area (Å²) >= 11 is 0. The van der Waals surface area contributed by atoms with E-state index in [1.807, 2.05) is 4.90 Å². The molecule has 7 nitrogen and oxygen atoms in total. The predicted octanol–water partition coefficient (Wildman–Crippen LogP) is 1.49. The molecule has 2 bridgehead atoms. The number of rotatable bonds is 1. The number of piperidine rings is 3. The minimum absolute atomic E-state index is 0.00634. The van der Waals surface area contributed by atoms with Crippen LogP contribution in [0.1, 0.15) is 36.0 Å². The van der Waals surface area contributed by atoms with Crippen molar-refractivity contribution in [3.63, 3.8) is 0 Å². The highest BCUT2D eigenvalue weighted by atomic mass is 16.5. The fraction of sp³-hybridized carbons (Fsp3) is 0.550. The van der Waals surface area contributed by atoms with Gasteiger partial charge in [0.15, 0.2) is 6.61 Å². The normalized spacial score (nSPS) is 29.4. The van der Waals surface area contributed by atoms with E-state index in [-0.39, 0.29) is 30.4 Å². The molecule has 0 radical (unpaired) electrons. The highest BCUT2D eigenvalue weighted by Crippen LogP contribution is 2.38. The van der Waals surface area contributed by atoms with Gasteiger partial charge in [-0.2, -0.15) is 0 Å². The Labute approximate surface area is 157 Å². The van der Waals surface area contributed by atoms with Crippen LogP contribution in [0.5, 0.6) is 5.75 Å². The summed E-state index contributed by atoms with van der Waals surface area (Å²) in [5, 5.41) is 2.76. The molecule has 0 saturated carbocycles. The summed E-state index contributed by atoms with van der Waals surface area (Å²) < 4.78 is 5.37. The van der Waals surface area contributed by atoms with E-state index in [4.69, 9.17) is 4.74 Å². The van der Waals surface area contributed by atoms with E-state index in [1.54, 1.807) is 18.2 Å². The summed E-state index contributed by atoms with van der Waals surface area (Å²) in [5.74, 6) is 1.38. The highest BCUT2D eigenvalue weighted by molar-refractivity contribution is 6.00. The smallest absolute Gasteiger partial charge is 0.262 e. The number of carbonyl (C=O) groups excluding carboxylic acids is 3. The van der Waals surface area contributed by atoms with Crippen LogP contribution >= 0.6 is 0 Å². The first-order chi connectivity index (χ1) is 13.1. The SMILES string of the molecule is O=C1COc2ccc(C(=O)N3C[C@H]4C[C@@H](C3)C3CCCC(=O)N3C4)cc2N1. The number of nitrogens with one attached hydrogen (secondary N) is 1. The zero-order chi connectivity index (χ0) is 18.5. The standard InChI is InChI=1S/C20H23N3O4/c24-18-11-27-17-5-4-13(7-15(17)21-18)20(26)22-8-12-6-14(10-22)16-2-1-3-19(25)23(16)9-12/h4-5,7,12,14,16H,1-3,6,8-11H2,(H,21,24)/t12-,14+,16?/m1/s1. The molecular formula is C20H23N3O4. The van der Waals surface area contributed by atoms with Crippen LogP contribution in [0.2, 0.25) is 0 Å². The van der Waals surface area contributed by atoms with Gasteiger partial charge in [-0.15, -0.1) is 0 Å². The van der Waals surface area contributed by atoms with Crippen molar-refractivity contribution in [2.45, 2.75) is 31.7 Å². The Bertz CT molecular complexity index is 823. The first kappa shape index (κ1) is 16.6.